The first kappa shape index (κ1) is 6.21. The molecule has 1 fully saturated rings. The van der Waals surface area contributed by atoms with Crippen LogP contribution in [0.15, 0.2) is 12.7 Å². The molecule has 0 N–H and O–H groups in total. The molecule has 0 saturated carbocycles. The molecule has 0 nitrogen and oxygen atoms in total. The van der Waals surface area contributed by atoms with Crippen LogP contribution in [0.1, 0.15) is 19.3 Å². The van der Waals surface area contributed by atoms with Gasteiger partial charge in [-0.2, -0.15) is 11.8 Å². The largest absolute Gasteiger partial charge is 0.153 e. The van der Waals surface area contributed by atoms with Crippen LogP contribution in [0.2, 0.25) is 0 Å². The van der Waals surface area contributed by atoms with Crippen molar-refractivity contribution in [3.05, 3.63) is 17.9 Å². The lowest BCUT2D eigenvalue weighted by Gasteiger charge is -1.99. The number of hydrogen-bond donors (Lipinski definition) is 0. The van der Waals surface area contributed by atoms with Crippen molar-refractivity contribution >= 4 is 11.8 Å². The predicted molar refractivity (Wildman–Crippen MR) is 39.7 cm³/mol. The summed E-state index contributed by atoms with van der Waals surface area (Å²) >= 11 is 2.01. The Hall–Kier alpha value is 0.0900. The first-order valence-corrected chi connectivity index (χ1v) is 4.00. The zero-order valence-electron chi connectivity index (χ0n) is 5.02. The second kappa shape index (κ2) is 3.18. The Morgan fingerprint density at radius 1 is 1.75 bits per heavy atom. The number of thioether (sulfide) groups is 1. The van der Waals surface area contributed by atoms with Gasteiger partial charge in [-0.3, -0.25) is 0 Å². The lowest BCUT2D eigenvalue weighted by molar-refractivity contribution is 0.898. The molecule has 45 valence electrons. The van der Waals surface area contributed by atoms with Crippen LogP contribution in [0.4, 0.5) is 0 Å². The van der Waals surface area contributed by atoms with E-state index in [-0.39, 0.29) is 0 Å². The number of hydrogen-bond acceptors (Lipinski definition) is 1. The Balaban J connectivity index is 2.14. The summed E-state index contributed by atoms with van der Waals surface area (Å²) in [6.45, 7) is 3.69. The summed E-state index contributed by atoms with van der Waals surface area (Å²) < 4.78 is 0. The topological polar surface area (TPSA) is 0 Å². The molecule has 1 saturated heterocycles. The molecule has 0 unspecified atom stereocenters. The van der Waals surface area contributed by atoms with E-state index in [0.717, 1.165) is 6.42 Å². The second-order valence-corrected chi connectivity index (χ2v) is 3.26. The highest BCUT2D eigenvalue weighted by Crippen LogP contribution is 2.35. The van der Waals surface area contributed by atoms with Gasteiger partial charge >= 0.3 is 0 Å². The quantitative estimate of drug-likeness (QED) is 0.514. The third-order valence-electron chi connectivity index (χ3n) is 1.28. The maximum Gasteiger partial charge on any atom is 0.0344 e. The molecule has 1 heterocycles. The molecule has 0 aromatic carbocycles. The third-order valence-corrected chi connectivity index (χ3v) is 2.55. The fraction of sp³-hybridized carbons (Fsp3) is 0.571. The molecular weight excluding hydrogens is 116 g/mol. The van der Waals surface area contributed by atoms with Crippen molar-refractivity contribution in [2.45, 2.75) is 19.3 Å². The molecule has 0 aliphatic carbocycles. The molecule has 0 aromatic heterocycles. The zero-order valence-corrected chi connectivity index (χ0v) is 5.84. The summed E-state index contributed by atoms with van der Waals surface area (Å²) in [6.07, 6.45) is 5.84. The van der Waals surface area contributed by atoms with Crippen molar-refractivity contribution in [1.82, 2.24) is 0 Å². The van der Waals surface area contributed by atoms with Gasteiger partial charge in [0.1, 0.15) is 0 Å². The van der Waals surface area contributed by atoms with Gasteiger partial charge in [-0.1, -0.05) is 6.08 Å². The van der Waals surface area contributed by atoms with Gasteiger partial charge in [0.2, 0.25) is 0 Å². The molecule has 0 atom stereocenters. The minimum atomic E-state index is 1.13. The highest BCUT2D eigenvalue weighted by Gasteiger charge is 2.13. The van der Waals surface area contributed by atoms with Crippen LogP contribution >= 0.6 is 11.8 Å². The van der Waals surface area contributed by atoms with E-state index in [0.29, 0.717) is 0 Å². The molecule has 0 spiro atoms. The number of rotatable bonds is 2. The fourth-order valence-electron chi connectivity index (χ4n) is 0.880. The molecule has 1 aliphatic heterocycles. The molecule has 1 rings (SSSR count). The van der Waals surface area contributed by atoms with Crippen LogP contribution in [0, 0.1) is 5.25 Å². The van der Waals surface area contributed by atoms with Crippen LogP contribution in [0.3, 0.4) is 0 Å². The normalized spacial score (nSPS) is 21.5. The van der Waals surface area contributed by atoms with Gasteiger partial charge < -0.3 is 0 Å². The summed E-state index contributed by atoms with van der Waals surface area (Å²) in [7, 11) is 0. The van der Waals surface area contributed by atoms with Crippen molar-refractivity contribution in [2.24, 2.45) is 0 Å². The van der Waals surface area contributed by atoms with Crippen LogP contribution in [-0.2, 0) is 0 Å². The smallest absolute Gasteiger partial charge is 0.0344 e. The van der Waals surface area contributed by atoms with E-state index in [1.54, 1.807) is 5.25 Å². The summed E-state index contributed by atoms with van der Waals surface area (Å²) in [5, 5.41) is 1.63. The molecular formula is C7H11S. The van der Waals surface area contributed by atoms with Crippen molar-refractivity contribution in [2.75, 3.05) is 5.75 Å². The Labute approximate surface area is 55.4 Å². The average Bonchev–Trinajstić information content (AvgIpc) is 2.19. The monoisotopic (exact) mass is 127 g/mol. The van der Waals surface area contributed by atoms with Crippen LogP contribution < -0.4 is 0 Å². The van der Waals surface area contributed by atoms with Gasteiger partial charge in [0.25, 0.3) is 0 Å². The van der Waals surface area contributed by atoms with Crippen molar-refractivity contribution < 1.29 is 0 Å². The molecule has 8 heavy (non-hydrogen) atoms. The second-order valence-electron chi connectivity index (χ2n) is 1.98. The van der Waals surface area contributed by atoms with E-state index in [1.807, 2.05) is 17.8 Å². The van der Waals surface area contributed by atoms with Gasteiger partial charge in [0.05, 0.1) is 0 Å². The van der Waals surface area contributed by atoms with E-state index in [9.17, 15) is 0 Å². The SMILES string of the molecule is C=CC[C]1CCCS1. The van der Waals surface area contributed by atoms with Crippen LogP contribution in [0.25, 0.3) is 0 Å². The van der Waals surface area contributed by atoms with Gasteiger partial charge in [-0.25, -0.2) is 0 Å². The molecule has 0 amide bonds. The Morgan fingerprint density at radius 3 is 3.12 bits per heavy atom. The van der Waals surface area contributed by atoms with Gasteiger partial charge in [-0.05, 0) is 25.0 Å². The van der Waals surface area contributed by atoms with Crippen LogP contribution in [0.5, 0.6) is 0 Å². The maximum absolute atomic E-state index is 3.69. The maximum atomic E-state index is 3.69. The predicted octanol–water partition coefficient (Wildman–Crippen LogP) is 2.62. The number of allylic oxidation sites excluding steroid dienone is 1. The fourth-order valence-corrected chi connectivity index (χ4v) is 1.98. The highest BCUT2D eigenvalue weighted by molar-refractivity contribution is 8.02. The lowest BCUT2D eigenvalue weighted by Crippen LogP contribution is -1.79. The zero-order chi connectivity index (χ0) is 5.82. The first-order chi connectivity index (χ1) is 3.93. The standard InChI is InChI=1S/C7H11S/c1-2-4-7-5-3-6-8-7/h2H,1,3-6H2. The van der Waals surface area contributed by atoms with Crippen molar-refractivity contribution in [1.29, 1.82) is 0 Å². The minimum Gasteiger partial charge on any atom is -0.153 e. The van der Waals surface area contributed by atoms with Crippen LogP contribution in [-0.4, -0.2) is 5.75 Å². The van der Waals surface area contributed by atoms with E-state index < -0.39 is 0 Å². The lowest BCUT2D eigenvalue weighted by atomic mass is 10.2. The van der Waals surface area contributed by atoms with Gasteiger partial charge in [0.15, 0.2) is 0 Å². The molecule has 1 radical (unpaired) electrons. The molecule has 0 aromatic rings. The molecule has 1 aliphatic rings. The van der Waals surface area contributed by atoms with E-state index >= 15 is 0 Å². The highest BCUT2D eigenvalue weighted by atomic mass is 32.2. The van der Waals surface area contributed by atoms with Crippen molar-refractivity contribution in [3.8, 4) is 0 Å². The van der Waals surface area contributed by atoms with Gasteiger partial charge in [0, 0.05) is 5.25 Å². The molecule has 1 heteroatoms. The summed E-state index contributed by atoms with van der Waals surface area (Å²) in [5.74, 6) is 1.34. The van der Waals surface area contributed by atoms with E-state index in [4.69, 9.17) is 0 Å². The summed E-state index contributed by atoms with van der Waals surface area (Å²) in [6, 6.07) is 0. The Bertz CT molecular complexity index is 72.5. The van der Waals surface area contributed by atoms with Gasteiger partial charge in [-0.15, -0.1) is 6.58 Å². The average molecular weight is 127 g/mol. The first-order valence-electron chi connectivity index (χ1n) is 3.02. The summed E-state index contributed by atoms with van der Waals surface area (Å²) in [5.41, 5.74) is 0. The summed E-state index contributed by atoms with van der Waals surface area (Å²) in [4.78, 5) is 0. The van der Waals surface area contributed by atoms with Crippen molar-refractivity contribution in [3.63, 3.8) is 0 Å². The molecule has 0 bridgehead atoms. The minimum absolute atomic E-state index is 1.13. The third kappa shape index (κ3) is 1.55. The van der Waals surface area contributed by atoms with E-state index in [2.05, 4.69) is 6.58 Å². The Kier molecular flexibility index (Phi) is 2.47. The Morgan fingerprint density at radius 2 is 2.62 bits per heavy atom. The van der Waals surface area contributed by atoms with E-state index in [1.165, 1.54) is 18.6 Å².